The van der Waals surface area contributed by atoms with Crippen LogP contribution in [0.2, 0.25) is 5.02 Å². The van der Waals surface area contributed by atoms with Gasteiger partial charge < -0.3 is 15.2 Å². The topological polar surface area (TPSA) is 63.1 Å². The van der Waals surface area contributed by atoms with Crippen molar-refractivity contribution >= 4 is 23.4 Å². The van der Waals surface area contributed by atoms with Crippen LogP contribution in [0.3, 0.4) is 0 Å². The monoisotopic (exact) mass is 303 g/mol. The van der Waals surface area contributed by atoms with Gasteiger partial charge in [-0.15, -0.1) is 0 Å². The first-order chi connectivity index (χ1) is 10.1. The Kier molecular flexibility index (Phi) is 3.66. The summed E-state index contributed by atoms with van der Waals surface area (Å²) in [6, 6.07) is 10.6. The molecule has 1 aliphatic heterocycles. The van der Waals surface area contributed by atoms with E-state index in [0.717, 1.165) is 5.56 Å². The standard InChI is InChI=1S/C15H14ClN3O2/c16-11-3-1-10(2-4-11)9-18-15(21)13-6-5-12-14(20)17-7-8-19(12)13/h1-6H,7-9H2,(H,17,20)(H,18,21). The highest BCUT2D eigenvalue weighted by Gasteiger charge is 2.22. The molecule has 0 saturated heterocycles. The molecule has 0 fully saturated rings. The Morgan fingerprint density at radius 3 is 2.76 bits per heavy atom. The molecular formula is C15H14ClN3O2. The number of carbonyl (C=O) groups is 2. The third-order valence-corrected chi connectivity index (χ3v) is 3.69. The van der Waals surface area contributed by atoms with E-state index in [1.807, 2.05) is 12.1 Å². The predicted octanol–water partition coefficient (Wildman–Crippen LogP) is 1.81. The third-order valence-electron chi connectivity index (χ3n) is 3.43. The van der Waals surface area contributed by atoms with Crippen molar-refractivity contribution in [2.75, 3.05) is 6.54 Å². The Morgan fingerprint density at radius 2 is 2.00 bits per heavy atom. The van der Waals surface area contributed by atoms with Gasteiger partial charge in [0.05, 0.1) is 0 Å². The fourth-order valence-corrected chi connectivity index (χ4v) is 2.48. The zero-order chi connectivity index (χ0) is 14.8. The number of hydrogen-bond acceptors (Lipinski definition) is 2. The van der Waals surface area contributed by atoms with Crippen LogP contribution in [0.4, 0.5) is 0 Å². The highest BCUT2D eigenvalue weighted by atomic mass is 35.5. The molecule has 0 radical (unpaired) electrons. The zero-order valence-electron chi connectivity index (χ0n) is 11.2. The van der Waals surface area contributed by atoms with Gasteiger partial charge in [-0.25, -0.2) is 0 Å². The molecule has 0 unspecified atom stereocenters. The van der Waals surface area contributed by atoms with Gasteiger partial charge in [0, 0.05) is 24.7 Å². The maximum absolute atomic E-state index is 12.2. The Hall–Kier alpha value is -2.27. The van der Waals surface area contributed by atoms with Gasteiger partial charge in [0.1, 0.15) is 11.4 Å². The lowest BCUT2D eigenvalue weighted by Gasteiger charge is -2.18. The lowest BCUT2D eigenvalue weighted by atomic mass is 10.2. The van der Waals surface area contributed by atoms with Crippen molar-refractivity contribution in [1.82, 2.24) is 15.2 Å². The van der Waals surface area contributed by atoms with E-state index in [-0.39, 0.29) is 11.8 Å². The van der Waals surface area contributed by atoms with Crippen LogP contribution >= 0.6 is 11.6 Å². The van der Waals surface area contributed by atoms with E-state index in [9.17, 15) is 9.59 Å². The summed E-state index contributed by atoms with van der Waals surface area (Å²) < 4.78 is 1.75. The van der Waals surface area contributed by atoms with Gasteiger partial charge in [0.25, 0.3) is 11.8 Å². The van der Waals surface area contributed by atoms with Crippen LogP contribution in [0, 0.1) is 0 Å². The molecule has 108 valence electrons. The van der Waals surface area contributed by atoms with Gasteiger partial charge in [-0.2, -0.15) is 0 Å². The number of amides is 2. The lowest BCUT2D eigenvalue weighted by molar-refractivity contribution is 0.0919. The predicted molar refractivity (Wildman–Crippen MR) is 79.4 cm³/mol. The largest absolute Gasteiger partial charge is 0.349 e. The fourth-order valence-electron chi connectivity index (χ4n) is 2.35. The number of aromatic nitrogens is 1. The maximum Gasteiger partial charge on any atom is 0.268 e. The minimum atomic E-state index is -0.189. The van der Waals surface area contributed by atoms with Crippen LogP contribution in [0.1, 0.15) is 26.5 Å². The molecule has 1 aromatic carbocycles. The third kappa shape index (κ3) is 2.78. The minimum Gasteiger partial charge on any atom is -0.349 e. The highest BCUT2D eigenvalue weighted by molar-refractivity contribution is 6.30. The van der Waals surface area contributed by atoms with Gasteiger partial charge in [-0.3, -0.25) is 9.59 Å². The number of nitrogens with one attached hydrogen (secondary N) is 2. The number of benzene rings is 1. The molecule has 2 heterocycles. The van der Waals surface area contributed by atoms with E-state index in [0.29, 0.717) is 36.0 Å². The van der Waals surface area contributed by atoms with Crippen molar-refractivity contribution in [2.24, 2.45) is 0 Å². The van der Waals surface area contributed by atoms with Gasteiger partial charge >= 0.3 is 0 Å². The molecule has 2 N–H and O–H groups in total. The Morgan fingerprint density at radius 1 is 1.24 bits per heavy atom. The van der Waals surface area contributed by atoms with E-state index in [2.05, 4.69) is 10.6 Å². The first-order valence-electron chi connectivity index (χ1n) is 6.65. The molecule has 0 atom stereocenters. The second-order valence-electron chi connectivity index (χ2n) is 4.82. The van der Waals surface area contributed by atoms with Crippen molar-refractivity contribution in [3.8, 4) is 0 Å². The number of nitrogens with zero attached hydrogens (tertiary/aromatic N) is 1. The van der Waals surface area contributed by atoms with Crippen molar-refractivity contribution < 1.29 is 9.59 Å². The molecule has 0 aliphatic carbocycles. The summed E-state index contributed by atoms with van der Waals surface area (Å²) in [6.07, 6.45) is 0. The van der Waals surface area contributed by atoms with Gasteiger partial charge in [0.2, 0.25) is 0 Å². The molecule has 5 nitrogen and oxygen atoms in total. The average Bonchev–Trinajstić information content (AvgIpc) is 2.92. The van der Waals surface area contributed by atoms with Crippen molar-refractivity contribution in [2.45, 2.75) is 13.1 Å². The number of rotatable bonds is 3. The number of fused-ring (bicyclic) bond motifs is 1. The van der Waals surface area contributed by atoms with Crippen LogP contribution in [0.15, 0.2) is 36.4 Å². The summed E-state index contributed by atoms with van der Waals surface area (Å²) in [6.45, 7) is 1.57. The molecule has 3 rings (SSSR count). The van der Waals surface area contributed by atoms with Gasteiger partial charge in [-0.05, 0) is 29.8 Å². The normalized spacial score (nSPS) is 13.5. The van der Waals surface area contributed by atoms with E-state index in [4.69, 9.17) is 11.6 Å². The van der Waals surface area contributed by atoms with Crippen molar-refractivity contribution in [3.05, 3.63) is 58.4 Å². The summed E-state index contributed by atoms with van der Waals surface area (Å²) in [5.41, 5.74) is 2.00. The van der Waals surface area contributed by atoms with Crippen LogP contribution in [0.25, 0.3) is 0 Å². The maximum atomic E-state index is 12.2. The molecule has 6 heteroatoms. The average molecular weight is 304 g/mol. The van der Waals surface area contributed by atoms with E-state index < -0.39 is 0 Å². The second-order valence-corrected chi connectivity index (χ2v) is 5.26. The SMILES string of the molecule is O=C1NCCn2c1ccc2C(=O)NCc1ccc(Cl)cc1. The first kappa shape index (κ1) is 13.7. The van der Waals surface area contributed by atoms with Crippen LogP contribution in [-0.4, -0.2) is 22.9 Å². The molecule has 1 aromatic heterocycles. The lowest BCUT2D eigenvalue weighted by Crippen LogP contribution is -2.37. The number of carbonyl (C=O) groups excluding carboxylic acids is 2. The molecular weight excluding hydrogens is 290 g/mol. The smallest absolute Gasteiger partial charge is 0.268 e. The van der Waals surface area contributed by atoms with E-state index in [1.54, 1.807) is 28.8 Å². The van der Waals surface area contributed by atoms with Crippen LogP contribution in [0.5, 0.6) is 0 Å². The summed E-state index contributed by atoms with van der Waals surface area (Å²) >= 11 is 5.82. The zero-order valence-corrected chi connectivity index (χ0v) is 12.0. The summed E-state index contributed by atoms with van der Waals surface area (Å²) in [4.78, 5) is 23.9. The molecule has 2 aromatic rings. The van der Waals surface area contributed by atoms with Crippen molar-refractivity contribution in [3.63, 3.8) is 0 Å². The Labute approximate surface area is 126 Å². The summed E-state index contributed by atoms with van der Waals surface area (Å²) in [5.74, 6) is -0.330. The Balaban J connectivity index is 1.71. The van der Waals surface area contributed by atoms with Gasteiger partial charge in [0.15, 0.2) is 0 Å². The molecule has 0 bridgehead atoms. The number of halogens is 1. The highest BCUT2D eigenvalue weighted by Crippen LogP contribution is 2.13. The summed E-state index contributed by atoms with van der Waals surface area (Å²) in [7, 11) is 0. The van der Waals surface area contributed by atoms with E-state index in [1.165, 1.54) is 0 Å². The first-order valence-corrected chi connectivity index (χ1v) is 7.03. The molecule has 21 heavy (non-hydrogen) atoms. The molecule has 2 amide bonds. The van der Waals surface area contributed by atoms with Crippen molar-refractivity contribution in [1.29, 1.82) is 0 Å². The number of hydrogen-bond donors (Lipinski definition) is 2. The molecule has 0 spiro atoms. The summed E-state index contributed by atoms with van der Waals surface area (Å²) in [5, 5.41) is 6.26. The minimum absolute atomic E-state index is 0.141. The quantitative estimate of drug-likeness (QED) is 0.908. The van der Waals surface area contributed by atoms with Crippen LogP contribution < -0.4 is 10.6 Å². The molecule has 0 saturated carbocycles. The second kappa shape index (κ2) is 5.61. The molecule has 1 aliphatic rings. The van der Waals surface area contributed by atoms with Crippen LogP contribution in [-0.2, 0) is 13.1 Å². The van der Waals surface area contributed by atoms with E-state index >= 15 is 0 Å². The fraction of sp³-hybridized carbons (Fsp3) is 0.200. The Bertz CT molecular complexity index is 691. The van der Waals surface area contributed by atoms with Gasteiger partial charge in [-0.1, -0.05) is 23.7 Å².